The minimum absolute atomic E-state index is 0.00377. The average molecular weight is 240 g/mol. The molecule has 1 aromatic rings. The van der Waals surface area contributed by atoms with Crippen molar-refractivity contribution in [1.82, 2.24) is 0 Å². The van der Waals surface area contributed by atoms with E-state index in [1.165, 1.54) is 6.07 Å². The zero-order valence-electron chi connectivity index (χ0n) is 10.0. The third kappa shape index (κ3) is 2.03. The minimum atomic E-state index is -2.80. The van der Waals surface area contributed by atoms with Crippen molar-refractivity contribution in [2.24, 2.45) is 0 Å². The Balaban J connectivity index is 2.51. The second-order valence-electron chi connectivity index (χ2n) is 5.05. The fourth-order valence-corrected chi connectivity index (χ4v) is 2.98. The van der Waals surface area contributed by atoms with Gasteiger partial charge in [0.15, 0.2) is 0 Å². The summed E-state index contributed by atoms with van der Waals surface area (Å²) in [5.41, 5.74) is -0.774. The van der Waals surface area contributed by atoms with Crippen LogP contribution in [0.2, 0.25) is 0 Å². The van der Waals surface area contributed by atoms with E-state index in [2.05, 4.69) is 0 Å². The van der Waals surface area contributed by atoms with Crippen molar-refractivity contribution in [3.05, 3.63) is 29.8 Å². The van der Waals surface area contributed by atoms with Crippen LogP contribution in [0.15, 0.2) is 24.3 Å². The van der Waals surface area contributed by atoms with E-state index in [1.807, 2.05) is 0 Å². The molecule has 0 unspecified atom stereocenters. The van der Waals surface area contributed by atoms with Gasteiger partial charge in [-0.05, 0) is 18.9 Å². The molecule has 0 bridgehead atoms. The van der Waals surface area contributed by atoms with Gasteiger partial charge in [0.1, 0.15) is 5.75 Å². The van der Waals surface area contributed by atoms with Crippen LogP contribution in [-0.2, 0) is 5.41 Å². The lowest BCUT2D eigenvalue weighted by Gasteiger charge is -2.42. The van der Waals surface area contributed by atoms with Gasteiger partial charge in [0.05, 0.1) is 5.41 Å². The van der Waals surface area contributed by atoms with Crippen LogP contribution in [0, 0.1) is 0 Å². The maximum atomic E-state index is 14.0. The Hall–Kier alpha value is -1.12. The van der Waals surface area contributed by atoms with Crippen molar-refractivity contribution in [2.45, 2.75) is 50.4 Å². The highest BCUT2D eigenvalue weighted by Crippen LogP contribution is 2.51. The first-order valence-corrected chi connectivity index (χ1v) is 6.14. The van der Waals surface area contributed by atoms with Crippen molar-refractivity contribution < 1.29 is 13.9 Å². The van der Waals surface area contributed by atoms with Gasteiger partial charge in [-0.15, -0.1) is 0 Å². The second-order valence-corrected chi connectivity index (χ2v) is 5.05. The zero-order valence-corrected chi connectivity index (χ0v) is 10.0. The first kappa shape index (κ1) is 12.3. The van der Waals surface area contributed by atoms with Gasteiger partial charge in [-0.3, -0.25) is 0 Å². The van der Waals surface area contributed by atoms with Crippen molar-refractivity contribution in [2.75, 3.05) is 0 Å². The minimum Gasteiger partial charge on any atom is -0.508 e. The second kappa shape index (κ2) is 4.28. The number of rotatable bonds is 2. The fourth-order valence-electron chi connectivity index (χ4n) is 2.98. The van der Waals surface area contributed by atoms with Gasteiger partial charge >= 0.3 is 0 Å². The van der Waals surface area contributed by atoms with Gasteiger partial charge < -0.3 is 5.11 Å². The smallest absolute Gasteiger partial charge is 0.255 e. The third-order valence-electron chi connectivity index (χ3n) is 3.97. The molecule has 1 nitrogen and oxygen atoms in total. The standard InChI is InChI=1S/C14H18F2O/c1-13(15,16)14(9-5-2-6-10-14)11-7-3-4-8-12(11)17/h3-4,7-8,17H,2,5-6,9-10H2,1H3. The summed E-state index contributed by atoms with van der Waals surface area (Å²) in [4.78, 5) is 0. The molecule has 2 rings (SSSR count). The summed E-state index contributed by atoms with van der Waals surface area (Å²) in [5, 5.41) is 9.86. The SMILES string of the molecule is CC(F)(F)C1(c2ccccc2O)CCCCC1. The van der Waals surface area contributed by atoms with E-state index in [4.69, 9.17) is 0 Å². The van der Waals surface area contributed by atoms with E-state index in [-0.39, 0.29) is 5.75 Å². The summed E-state index contributed by atoms with van der Waals surface area (Å²) in [7, 11) is 0. The Labute approximate surface area is 100 Å². The van der Waals surface area contributed by atoms with Gasteiger partial charge in [-0.2, -0.15) is 0 Å². The number of benzene rings is 1. The predicted molar refractivity (Wildman–Crippen MR) is 63.5 cm³/mol. The predicted octanol–water partition coefficient (Wildman–Crippen LogP) is 4.25. The molecule has 17 heavy (non-hydrogen) atoms. The monoisotopic (exact) mass is 240 g/mol. The molecular weight excluding hydrogens is 222 g/mol. The molecule has 1 aliphatic rings. The molecule has 0 heterocycles. The summed E-state index contributed by atoms with van der Waals surface area (Å²) in [6.45, 7) is 0.977. The van der Waals surface area contributed by atoms with Crippen LogP contribution in [0.5, 0.6) is 5.75 Å². The molecule has 1 saturated carbocycles. The van der Waals surface area contributed by atoms with Crippen LogP contribution in [-0.4, -0.2) is 11.0 Å². The van der Waals surface area contributed by atoms with Gasteiger partial charge in [0, 0.05) is 12.5 Å². The molecule has 0 aliphatic heterocycles. The number of phenolic OH excluding ortho intramolecular Hbond substituents is 1. The number of aromatic hydroxyl groups is 1. The molecule has 0 amide bonds. The molecule has 0 radical (unpaired) electrons. The number of hydrogen-bond donors (Lipinski definition) is 1. The van der Waals surface area contributed by atoms with Gasteiger partial charge in [-0.25, -0.2) is 8.78 Å². The van der Waals surface area contributed by atoms with E-state index < -0.39 is 11.3 Å². The normalized spacial score (nSPS) is 20.2. The van der Waals surface area contributed by atoms with Crippen molar-refractivity contribution in [3.8, 4) is 5.75 Å². The van der Waals surface area contributed by atoms with Crippen LogP contribution in [0.4, 0.5) is 8.78 Å². The lowest BCUT2D eigenvalue weighted by Crippen LogP contribution is -2.44. The topological polar surface area (TPSA) is 20.2 Å². The van der Waals surface area contributed by atoms with E-state index in [1.54, 1.807) is 18.2 Å². The maximum Gasteiger partial charge on any atom is 0.255 e. The van der Waals surface area contributed by atoms with E-state index in [0.717, 1.165) is 26.2 Å². The highest BCUT2D eigenvalue weighted by molar-refractivity contribution is 5.40. The lowest BCUT2D eigenvalue weighted by atomic mass is 9.65. The molecule has 1 aromatic carbocycles. The Bertz CT molecular complexity index is 389. The highest BCUT2D eigenvalue weighted by atomic mass is 19.3. The highest BCUT2D eigenvalue weighted by Gasteiger charge is 2.52. The van der Waals surface area contributed by atoms with Crippen molar-refractivity contribution >= 4 is 0 Å². The Morgan fingerprint density at radius 1 is 1.12 bits per heavy atom. The van der Waals surface area contributed by atoms with Gasteiger partial charge in [0.25, 0.3) is 5.92 Å². The Kier molecular flexibility index (Phi) is 3.11. The molecule has 1 fully saturated rings. The summed E-state index contributed by atoms with van der Waals surface area (Å²) in [6, 6.07) is 6.52. The third-order valence-corrected chi connectivity index (χ3v) is 3.97. The Morgan fingerprint density at radius 2 is 1.71 bits per heavy atom. The molecule has 3 heteroatoms. The summed E-state index contributed by atoms with van der Waals surface area (Å²) >= 11 is 0. The van der Waals surface area contributed by atoms with Crippen LogP contribution < -0.4 is 0 Å². The van der Waals surface area contributed by atoms with Crippen LogP contribution >= 0.6 is 0 Å². The van der Waals surface area contributed by atoms with E-state index >= 15 is 0 Å². The van der Waals surface area contributed by atoms with Crippen LogP contribution in [0.25, 0.3) is 0 Å². The largest absolute Gasteiger partial charge is 0.508 e. The van der Waals surface area contributed by atoms with Gasteiger partial charge in [-0.1, -0.05) is 37.5 Å². The lowest BCUT2D eigenvalue weighted by molar-refractivity contribution is -0.0785. The first-order chi connectivity index (χ1) is 7.97. The summed E-state index contributed by atoms with van der Waals surface area (Å²) < 4.78 is 28.0. The molecule has 0 aromatic heterocycles. The molecule has 0 saturated heterocycles. The van der Waals surface area contributed by atoms with E-state index in [0.29, 0.717) is 18.4 Å². The number of para-hydroxylation sites is 1. The molecule has 1 aliphatic carbocycles. The zero-order chi connectivity index (χ0) is 12.5. The fraction of sp³-hybridized carbons (Fsp3) is 0.571. The quantitative estimate of drug-likeness (QED) is 0.819. The average Bonchev–Trinajstić information content (AvgIpc) is 2.29. The number of phenols is 1. The van der Waals surface area contributed by atoms with Crippen molar-refractivity contribution in [1.29, 1.82) is 0 Å². The number of alkyl halides is 2. The molecular formula is C14H18F2O. The van der Waals surface area contributed by atoms with Crippen LogP contribution in [0.1, 0.15) is 44.6 Å². The Morgan fingerprint density at radius 3 is 2.24 bits per heavy atom. The maximum absolute atomic E-state index is 14.0. The van der Waals surface area contributed by atoms with E-state index in [9.17, 15) is 13.9 Å². The molecule has 1 N–H and O–H groups in total. The summed E-state index contributed by atoms with van der Waals surface area (Å²) in [6.07, 6.45) is 3.52. The van der Waals surface area contributed by atoms with Gasteiger partial charge in [0.2, 0.25) is 0 Å². The van der Waals surface area contributed by atoms with Crippen LogP contribution in [0.3, 0.4) is 0 Å². The van der Waals surface area contributed by atoms with Crippen molar-refractivity contribution in [3.63, 3.8) is 0 Å². The number of halogens is 2. The first-order valence-electron chi connectivity index (χ1n) is 6.14. The molecule has 94 valence electrons. The summed E-state index contributed by atoms with van der Waals surface area (Å²) in [5.74, 6) is -2.80. The number of hydrogen-bond acceptors (Lipinski definition) is 1. The molecule has 0 spiro atoms. The molecule has 0 atom stereocenters.